The predicted octanol–water partition coefficient (Wildman–Crippen LogP) is 3.02. The SMILES string of the molecule is O=C(NCCc1cccc(F)c1)c1cccc(S(=O)(=O)NC2CCCC2)c1. The summed E-state index contributed by atoms with van der Waals surface area (Å²) in [5.41, 5.74) is 1.07. The third kappa shape index (κ3) is 5.37. The minimum atomic E-state index is -3.64. The molecule has 0 unspecified atom stereocenters. The monoisotopic (exact) mass is 390 g/mol. The van der Waals surface area contributed by atoms with Crippen molar-refractivity contribution < 1.29 is 17.6 Å². The highest BCUT2D eigenvalue weighted by Crippen LogP contribution is 2.20. The molecule has 1 saturated carbocycles. The van der Waals surface area contributed by atoms with Crippen LogP contribution in [0.2, 0.25) is 0 Å². The zero-order valence-corrected chi connectivity index (χ0v) is 15.8. The summed E-state index contributed by atoms with van der Waals surface area (Å²) in [6, 6.07) is 12.2. The number of carbonyl (C=O) groups is 1. The number of hydrogen-bond acceptors (Lipinski definition) is 3. The Morgan fingerprint density at radius 3 is 2.56 bits per heavy atom. The van der Waals surface area contributed by atoms with Gasteiger partial charge in [-0.15, -0.1) is 0 Å². The minimum absolute atomic E-state index is 0.0289. The second-order valence-electron chi connectivity index (χ2n) is 6.77. The maximum absolute atomic E-state index is 13.2. The van der Waals surface area contributed by atoms with Crippen molar-refractivity contribution in [3.05, 3.63) is 65.5 Å². The van der Waals surface area contributed by atoms with Crippen molar-refractivity contribution >= 4 is 15.9 Å². The van der Waals surface area contributed by atoms with Gasteiger partial charge in [-0.3, -0.25) is 4.79 Å². The lowest BCUT2D eigenvalue weighted by atomic mass is 10.1. The van der Waals surface area contributed by atoms with Crippen LogP contribution >= 0.6 is 0 Å². The largest absolute Gasteiger partial charge is 0.352 e. The van der Waals surface area contributed by atoms with E-state index in [2.05, 4.69) is 10.0 Å². The molecule has 1 aliphatic rings. The maximum Gasteiger partial charge on any atom is 0.251 e. The third-order valence-corrected chi connectivity index (χ3v) is 6.19. The summed E-state index contributed by atoms with van der Waals surface area (Å²) in [7, 11) is -3.64. The van der Waals surface area contributed by atoms with Crippen LogP contribution in [-0.4, -0.2) is 26.9 Å². The predicted molar refractivity (Wildman–Crippen MR) is 101 cm³/mol. The lowest BCUT2D eigenvalue weighted by Gasteiger charge is -2.13. The number of nitrogens with one attached hydrogen (secondary N) is 2. The minimum Gasteiger partial charge on any atom is -0.352 e. The number of benzene rings is 2. The average molecular weight is 390 g/mol. The van der Waals surface area contributed by atoms with Gasteiger partial charge in [0, 0.05) is 18.2 Å². The van der Waals surface area contributed by atoms with Gasteiger partial charge in [0.1, 0.15) is 5.82 Å². The molecule has 0 atom stereocenters. The van der Waals surface area contributed by atoms with Gasteiger partial charge >= 0.3 is 0 Å². The van der Waals surface area contributed by atoms with Crippen LogP contribution in [-0.2, 0) is 16.4 Å². The zero-order chi connectivity index (χ0) is 19.3. The molecular formula is C20H23FN2O3S. The topological polar surface area (TPSA) is 75.3 Å². The van der Waals surface area contributed by atoms with E-state index in [0.717, 1.165) is 31.2 Å². The van der Waals surface area contributed by atoms with E-state index in [1.54, 1.807) is 24.3 Å². The Morgan fingerprint density at radius 1 is 1.07 bits per heavy atom. The van der Waals surface area contributed by atoms with E-state index in [1.807, 2.05) is 0 Å². The molecule has 1 fully saturated rings. The molecule has 0 heterocycles. The van der Waals surface area contributed by atoms with Crippen molar-refractivity contribution in [2.45, 2.75) is 43.0 Å². The molecule has 0 bridgehead atoms. The van der Waals surface area contributed by atoms with Crippen molar-refractivity contribution in [1.82, 2.24) is 10.0 Å². The van der Waals surface area contributed by atoms with Crippen molar-refractivity contribution in [2.75, 3.05) is 6.54 Å². The average Bonchev–Trinajstić information content (AvgIpc) is 3.14. The number of halogens is 1. The highest BCUT2D eigenvalue weighted by atomic mass is 32.2. The summed E-state index contributed by atoms with van der Waals surface area (Å²) in [5, 5.41) is 2.74. The second-order valence-corrected chi connectivity index (χ2v) is 8.48. The van der Waals surface area contributed by atoms with Gasteiger partial charge < -0.3 is 5.32 Å². The molecule has 7 heteroatoms. The summed E-state index contributed by atoms with van der Waals surface area (Å²) in [6.07, 6.45) is 4.24. The molecule has 0 spiro atoms. The number of sulfonamides is 1. The summed E-state index contributed by atoms with van der Waals surface area (Å²) in [5.74, 6) is -0.671. The molecule has 5 nitrogen and oxygen atoms in total. The molecule has 0 saturated heterocycles. The zero-order valence-electron chi connectivity index (χ0n) is 14.9. The second kappa shape index (κ2) is 8.63. The van der Waals surface area contributed by atoms with Crippen LogP contribution in [0.1, 0.15) is 41.6 Å². The number of carbonyl (C=O) groups excluding carboxylic acids is 1. The van der Waals surface area contributed by atoms with Crippen molar-refractivity contribution in [2.24, 2.45) is 0 Å². The standard InChI is InChI=1S/C20H23FN2O3S/c21-17-7-3-5-15(13-17)11-12-22-20(24)16-6-4-10-19(14-16)27(25,26)23-18-8-1-2-9-18/h3-7,10,13-14,18,23H,1-2,8-9,11-12H2,(H,22,24). The van der Waals surface area contributed by atoms with Gasteiger partial charge in [-0.25, -0.2) is 17.5 Å². The summed E-state index contributed by atoms with van der Waals surface area (Å²) in [4.78, 5) is 12.4. The smallest absolute Gasteiger partial charge is 0.251 e. The van der Waals surface area contributed by atoms with Gasteiger partial charge in [-0.05, 0) is 55.2 Å². The van der Waals surface area contributed by atoms with E-state index >= 15 is 0 Å². The Hall–Kier alpha value is -2.25. The molecule has 2 aromatic rings. The highest BCUT2D eigenvalue weighted by molar-refractivity contribution is 7.89. The number of rotatable bonds is 7. The fourth-order valence-electron chi connectivity index (χ4n) is 3.25. The van der Waals surface area contributed by atoms with Gasteiger partial charge in [0.05, 0.1) is 4.90 Å². The molecule has 0 radical (unpaired) electrons. The van der Waals surface area contributed by atoms with Gasteiger partial charge in [0.2, 0.25) is 10.0 Å². The summed E-state index contributed by atoms with van der Waals surface area (Å²) in [6.45, 7) is 0.333. The van der Waals surface area contributed by atoms with Gasteiger partial charge in [0.15, 0.2) is 0 Å². The molecule has 3 rings (SSSR count). The van der Waals surface area contributed by atoms with E-state index < -0.39 is 10.0 Å². The summed E-state index contributed by atoms with van der Waals surface area (Å²) >= 11 is 0. The maximum atomic E-state index is 13.2. The van der Waals surface area contributed by atoms with Crippen molar-refractivity contribution in [3.63, 3.8) is 0 Å². The van der Waals surface area contributed by atoms with Crippen LogP contribution in [0.15, 0.2) is 53.4 Å². The van der Waals surface area contributed by atoms with Crippen LogP contribution in [0.5, 0.6) is 0 Å². The molecule has 1 aliphatic carbocycles. The van der Waals surface area contributed by atoms with E-state index in [1.165, 1.54) is 24.3 Å². The lowest BCUT2D eigenvalue weighted by molar-refractivity contribution is 0.0954. The molecule has 2 aromatic carbocycles. The summed E-state index contributed by atoms with van der Waals surface area (Å²) < 4.78 is 40.9. The van der Waals surface area contributed by atoms with Crippen molar-refractivity contribution in [1.29, 1.82) is 0 Å². The number of amides is 1. The van der Waals surface area contributed by atoms with Gasteiger partial charge in [0.25, 0.3) is 5.91 Å². The normalized spacial score (nSPS) is 15.0. The molecule has 0 aromatic heterocycles. The highest BCUT2D eigenvalue weighted by Gasteiger charge is 2.23. The lowest BCUT2D eigenvalue weighted by Crippen LogP contribution is -2.33. The molecular weight excluding hydrogens is 367 g/mol. The van der Waals surface area contributed by atoms with E-state index in [0.29, 0.717) is 13.0 Å². The molecule has 27 heavy (non-hydrogen) atoms. The first-order valence-corrected chi connectivity index (χ1v) is 10.6. The Bertz CT molecular complexity index is 909. The Morgan fingerprint density at radius 2 is 1.81 bits per heavy atom. The van der Waals surface area contributed by atoms with Gasteiger partial charge in [-0.2, -0.15) is 0 Å². The van der Waals surface area contributed by atoms with Crippen LogP contribution in [0, 0.1) is 5.82 Å². The van der Waals surface area contributed by atoms with Gasteiger partial charge in [-0.1, -0.05) is 31.0 Å². The van der Waals surface area contributed by atoms with Crippen molar-refractivity contribution in [3.8, 4) is 0 Å². The Kier molecular flexibility index (Phi) is 6.23. The number of hydrogen-bond donors (Lipinski definition) is 2. The molecule has 144 valence electrons. The van der Waals surface area contributed by atoms with E-state index in [-0.39, 0.29) is 28.2 Å². The molecule has 2 N–H and O–H groups in total. The quantitative estimate of drug-likeness (QED) is 0.763. The first-order chi connectivity index (χ1) is 12.9. The Labute approximate surface area is 159 Å². The first kappa shape index (κ1) is 19.5. The Balaban J connectivity index is 1.61. The first-order valence-electron chi connectivity index (χ1n) is 9.09. The van der Waals surface area contributed by atoms with E-state index in [4.69, 9.17) is 0 Å². The molecule has 0 aliphatic heterocycles. The van der Waals surface area contributed by atoms with Crippen LogP contribution in [0.3, 0.4) is 0 Å². The fourth-order valence-corrected chi connectivity index (χ4v) is 4.60. The third-order valence-electron chi connectivity index (χ3n) is 4.67. The van der Waals surface area contributed by atoms with Crippen LogP contribution in [0.4, 0.5) is 4.39 Å². The van der Waals surface area contributed by atoms with E-state index in [9.17, 15) is 17.6 Å². The fraction of sp³-hybridized carbons (Fsp3) is 0.350. The van der Waals surface area contributed by atoms with Crippen LogP contribution in [0.25, 0.3) is 0 Å². The molecule has 1 amide bonds. The van der Waals surface area contributed by atoms with Crippen LogP contribution < -0.4 is 10.0 Å².